The van der Waals surface area contributed by atoms with Gasteiger partial charge in [-0.1, -0.05) is 11.6 Å². The molecule has 0 saturated carbocycles. The zero-order valence-electron chi connectivity index (χ0n) is 10.1. The molecule has 1 heterocycles. The highest BCUT2D eigenvalue weighted by atomic mass is 35.5. The van der Waals surface area contributed by atoms with Gasteiger partial charge in [0.2, 0.25) is 0 Å². The number of nitrogens with zero attached hydrogens (tertiary/aromatic N) is 1. The van der Waals surface area contributed by atoms with Gasteiger partial charge in [0.05, 0.1) is 19.2 Å². The maximum Gasteiger partial charge on any atom is 0.182 e. The highest BCUT2D eigenvalue weighted by Crippen LogP contribution is 2.36. The summed E-state index contributed by atoms with van der Waals surface area (Å²) in [5.74, 6) is 1.18. The molecule has 0 amide bonds. The Kier molecular flexibility index (Phi) is 4.28. The van der Waals surface area contributed by atoms with Crippen molar-refractivity contribution in [1.82, 2.24) is 4.98 Å². The predicted octanol–water partition coefficient (Wildman–Crippen LogP) is 3.43. The topological polar surface area (TPSA) is 43.4 Å². The van der Waals surface area contributed by atoms with Crippen LogP contribution in [0.3, 0.4) is 0 Å². The number of hydrogen-bond donors (Lipinski definition) is 1. The molecule has 4 nitrogen and oxygen atoms in total. The highest BCUT2D eigenvalue weighted by Gasteiger charge is 2.10. The molecule has 0 aliphatic carbocycles. The lowest BCUT2D eigenvalue weighted by molar-refractivity contribution is 0.355. The molecule has 2 rings (SSSR count). The third kappa shape index (κ3) is 2.86. The molecule has 0 fully saturated rings. The molecule has 1 N–H and O–H groups in total. The van der Waals surface area contributed by atoms with E-state index in [4.69, 9.17) is 21.1 Å². The van der Waals surface area contributed by atoms with Crippen LogP contribution < -0.4 is 14.8 Å². The average Bonchev–Trinajstić information content (AvgIpc) is 2.88. The summed E-state index contributed by atoms with van der Waals surface area (Å²) in [6, 6.07) is 3.74. The van der Waals surface area contributed by atoms with Gasteiger partial charge >= 0.3 is 0 Å². The van der Waals surface area contributed by atoms with Crippen LogP contribution in [0.2, 0.25) is 5.02 Å². The van der Waals surface area contributed by atoms with Crippen LogP contribution in [0.25, 0.3) is 0 Å². The minimum Gasteiger partial charge on any atom is -0.493 e. The Morgan fingerprint density at radius 1 is 1.33 bits per heavy atom. The van der Waals surface area contributed by atoms with E-state index in [0.29, 0.717) is 23.1 Å². The lowest BCUT2D eigenvalue weighted by Gasteiger charge is -2.12. The summed E-state index contributed by atoms with van der Waals surface area (Å²) in [4.78, 5) is 4.15. The Morgan fingerprint density at radius 2 is 2.17 bits per heavy atom. The molecule has 0 aliphatic rings. The number of nitrogens with one attached hydrogen (secondary N) is 1. The largest absolute Gasteiger partial charge is 0.493 e. The molecule has 0 radical (unpaired) electrons. The van der Waals surface area contributed by atoms with Gasteiger partial charge in [0, 0.05) is 18.1 Å². The van der Waals surface area contributed by atoms with E-state index in [1.165, 1.54) is 0 Å². The lowest BCUT2D eigenvalue weighted by Crippen LogP contribution is -2.00. The maximum absolute atomic E-state index is 6.13. The standard InChI is InChI=1S/C12H13ClN2O2S/c1-16-10-6-8(5-9(13)11(10)17-2)7-15-12-14-3-4-18-12/h3-6H,7H2,1-2H3,(H,14,15). The average molecular weight is 285 g/mol. The number of halogens is 1. The number of aromatic nitrogens is 1. The van der Waals surface area contributed by atoms with Crippen molar-refractivity contribution in [3.05, 3.63) is 34.3 Å². The summed E-state index contributed by atoms with van der Waals surface area (Å²) >= 11 is 7.68. The van der Waals surface area contributed by atoms with E-state index in [-0.39, 0.29) is 0 Å². The van der Waals surface area contributed by atoms with Crippen LogP contribution in [0, 0.1) is 0 Å². The molecular weight excluding hydrogens is 272 g/mol. The SMILES string of the molecule is COc1cc(CNc2nccs2)cc(Cl)c1OC. The van der Waals surface area contributed by atoms with Crippen LogP contribution in [0.5, 0.6) is 11.5 Å². The Labute approximate surface area is 115 Å². The van der Waals surface area contributed by atoms with Gasteiger partial charge in [0.15, 0.2) is 16.6 Å². The first kappa shape index (κ1) is 13.0. The van der Waals surface area contributed by atoms with Gasteiger partial charge in [-0.05, 0) is 17.7 Å². The van der Waals surface area contributed by atoms with Gasteiger partial charge in [0.1, 0.15) is 0 Å². The minimum absolute atomic E-state index is 0.535. The molecule has 1 aromatic heterocycles. The second kappa shape index (κ2) is 5.93. The summed E-state index contributed by atoms with van der Waals surface area (Å²) in [5, 5.41) is 6.54. The Balaban J connectivity index is 2.16. The van der Waals surface area contributed by atoms with Crippen molar-refractivity contribution in [2.24, 2.45) is 0 Å². The van der Waals surface area contributed by atoms with E-state index in [2.05, 4.69) is 10.3 Å². The predicted molar refractivity (Wildman–Crippen MR) is 74.0 cm³/mol. The normalized spacial score (nSPS) is 10.2. The number of methoxy groups -OCH3 is 2. The van der Waals surface area contributed by atoms with Gasteiger partial charge in [-0.3, -0.25) is 0 Å². The zero-order chi connectivity index (χ0) is 13.0. The third-order valence-electron chi connectivity index (χ3n) is 2.37. The highest BCUT2D eigenvalue weighted by molar-refractivity contribution is 7.13. The van der Waals surface area contributed by atoms with E-state index in [9.17, 15) is 0 Å². The van der Waals surface area contributed by atoms with Gasteiger partial charge in [0.25, 0.3) is 0 Å². The first-order valence-electron chi connectivity index (χ1n) is 5.28. The minimum atomic E-state index is 0.535. The first-order valence-corrected chi connectivity index (χ1v) is 6.54. The Morgan fingerprint density at radius 3 is 2.78 bits per heavy atom. The molecule has 6 heteroatoms. The summed E-state index contributed by atoms with van der Waals surface area (Å²) < 4.78 is 10.4. The van der Waals surface area contributed by atoms with Gasteiger partial charge in [-0.25, -0.2) is 4.98 Å². The Hall–Kier alpha value is -1.46. The monoisotopic (exact) mass is 284 g/mol. The summed E-state index contributed by atoms with van der Waals surface area (Å²) in [7, 11) is 3.16. The van der Waals surface area contributed by atoms with Crippen molar-refractivity contribution in [2.45, 2.75) is 6.54 Å². The van der Waals surface area contributed by atoms with Crippen LogP contribution in [0.4, 0.5) is 5.13 Å². The van der Waals surface area contributed by atoms with E-state index in [1.807, 2.05) is 17.5 Å². The lowest BCUT2D eigenvalue weighted by atomic mass is 10.2. The molecule has 0 unspecified atom stereocenters. The third-order valence-corrected chi connectivity index (χ3v) is 3.38. The molecule has 0 spiro atoms. The molecule has 0 saturated heterocycles. The van der Waals surface area contributed by atoms with Crippen molar-refractivity contribution >= 4 is 28.1 Å². The fourth-order valence-corrected chi connectivity index (χ4v) is 2.40. The van der Waals surface area contributed by atoms with Crippen molar-refractivity contribution in [2.75, 3.05) is 19.5 Å². The fourth-order valence-electron chi connectivity index (χ4n) is 1.56. The van der Waals surface area contributed by atoms with Gasteiger partial charge in [-0.2, -0.15) is 0 Å². The number of benzene rings is 1. The van der Waals surface area contributed by atoms with Crippen molar-refractivity contribution in [1.29, 1.82) is 0 Å². The van der Waals surface area contributed by atoms with E-state index in [0.717, 1.165) is 10.7 Å². The molecule has 1 aromatic carbocycles. The van der Waals surface area contributed by atoms with Gasteiger partial charge in [-0.15, -0.1) is 11.3 Å². The van der Waals surface area contributed by atoms with Crippen LogP contribution in [-0.4, -0.2) is 19.2 Å². The van der Waals surface area contributed by atoms with Crippen LogP contribution in [-0.2, 0) is 6.54 Å². The number of rotatable bonds is 5. The van der Waals surface area contributed by atoms with Crippen molar-refractivity contribution in [3.8, 4) is 11.5 Å². The number of thiazole rings is 1. The molecule has 0 bridgehead atoms. The van der Waals surface area contributed by atoms with Crippen LogP contribution in [0.1, 0.15) is 5.56 Å². The molecule has 0 aliphatic heterocycles. The second-order valence-electron chi connectivity index (χ2n) is 3.50. The number of ether oxygens (including phenoxy) is 2. The van der Waals surface area contributed by atoms with E-state index < -0.39 is 0 Å². The molecule has 18 heavy (non-hydrogen) atoms. The van der Waals surface area contributed by atoms with Crippen molar-refractivity contribution < 1.29 is 9.47 Å². The van der Waals surface area contributed by atoms with Crippen LogP contribution in [0.15, 0.2) is 23.7 Å². The quantitative estimate of drug-likeness (QED) is 0.913. The molecule has 0 atom stereocenters. The molecular formula is C12H13ClN2O2S. The fraction of sp³-hybridized carbons (Fsp3) is 0.250. The Bertz CT molecular complexity index is 517. The van der Waals surface area contributed by atoms with Crippen LogP contribution >= 0.6 is 22.9 Å². The number of anilines is 1. The second-order valence-corrected chi connectivity index (χ2v) is 4.81. The molecule has 2 aromatic rings. The van der Waals surface area contributed by atoms with E-state index >= 15 is 0 Å². The van der Waals surface area contributed by atoms with E-state index in [1.54, 1.807) is 31.8 Å². The summed E-state index contributed by atoms with van der Waals surface area (Å²) in [6.07, 6.45) is 1.76. The summed E-state index contributed by atoms with van der Waals surface area (Å²) in [5.41, 5.74) is 1.01. The smallest absolute Gasteiger partial charge is 0.182 e. The summed E-state index contributed by atoms with van der Waals surface area (Å²) in [6.45, 7) is 0.633. The molecule has 96 valence electrons. The van der Waals surface area contributed by atoms with Gasteiger partial charge < -0.3 is 14.8 Å². The first-order chi connectivity index (χ1) is 8.74. The zero-order valence-corrected chi connectivity index (χ0v) is 11.6. The van der Waals surface area contributed by atoms with Crippen molar-refractivity contribution in [3.63, 3.8) is 0 Å². The maximum atomic E-state index is 6.13. The number of hydrogen-bond acceptors (Lipinski definition) is 5.